The molecule has 0 radical (unpaired) electrons. The number of likely N-dealkylation sites (tertiary alicyclic amines) is 1. The maximum absolute atomic E-state index is 12.5. The number of rotatable bonds is 3. The van der Waals surface area contributed by atoms with Crippen LogP contribution in [0.5, 0.6) is 0 Å². The summed E-state index contributed by atoms with van der Waals surface area (Å²) in [4.78, 5) is 14.4. The van der Waals surface area contributed by atoms with Gasteiger partial charge < -0.3 is 4.90 Å². The minimum absolute atomic E-state index is 0.0451. The molecule has 3 nitrogen and oxygen atoms in total. The highest BCUT2D eigenvalue weighted by molar-refractivity contribution is 5.85. The number of nitrogens with zero attached hydrogens (tertiary/aromatic N) is 2. The molecule has 1 aliphatic rings. The molecule has 1 heterocycles. The fourth-order valence-corrected chi connectivity index (χ4v) is 2.51. The number of hydrogen-bond donors (Lipinski definition) is 0. The van der Waals surface area contributed by atoms with Crippen LogP contribution in [0.25, 0.3) is 0 Å². The molecule has 96 valence electrons. The van der Waals surface area contributed by atoms with E-state index in [1.807, 2.05) is 18.7 Å². The lowest BCUT2D eigenvalue weighted by molar-refractivity contribution is -0.141. The maximum Gasteiger partial charge on any atom is 0.243 e. The summed E-state index contributed by atoms with van der Waals surface area (Å²) in [5.41, 5.74) is -0.791. The normalized spacial score (nSPS) is 25.5. The average molecular weight is 236 g/mol. The number of carbonyl (C=O) groups excluding carboxylic acids is 1. The van der Waals surface area contributed by atoms with E-state index in [-0.39, 0.29) is 5.91 Å². The van der Waals surface area contributed by atoms with Crippen molar-refractivity contribution in [3.8, 4) is 6.07 Å². The van der Waals surface area contributed by atoms with Crippen molar-refractivity contribution in [2.75, 3.05) is 13.1 Å². The summed E-state index contributed by atoms with van der Waals surface area (Å²) in [7, 11) is 0. The molecule has 1 rings (SSSR count). The van der Waals surface area contributed by atoms with Crippen molar-refractivity contribution in [3.63, 3.8) is 0 Å². The molecule has 1 saturated heterocycles. The van der Waals surface area contributed by atoms with Crippen molar-refractivity contribution in [2.45, 2.75) is 47.0 Å². The minimum Gasteiger partial charge on any atom is -0.341 e. The van der Waals surface area contributed by atoms with Gasteiger partial charge >= 0.3 is 0 Å². The largest absolute Gasteiger partial charge is 0.341 e. The van der Waals surface area contributed by atoms with E-state index in [4.69, 9.17) is 0 Å². The molecule has 0 aliphatic carbocycles. The Balaban J connectivity index is 2.80. The number of nitriles is 1. The third-order valence-electron chi connectivity index (χ3n) is 4.45. The Kier molecular flexibility index (Phi) is 4.56. The summed E-state index contributed by atoms with van der Waals surface area (Å²) in [6.45, 7) is 9.91. The van der Waals surface area contributed by atoms with Crippen LogP contribution in [0.2, 0.25) is 0 Å². The van der Waals surface area contributed by atoms with E-state index in [9.17, 15) is 10.1 Å². The van der Waals surface area contributed by atoms with Crippen LogP contribution in [0, 0.1) is 28.6 Å². The highest BCUT2D eigenvalue weighted by Gasteiger charge is 2.40. The molecule has 2 unspecified atom stereocenters. The van der Waals surface area contributed by atoms with Gasteiger partial charge in [0.05, 0.1) is 6.07 Å². The van der Waals surface area contributed by atoms with Crippen molar-refractivity contribution < 1.29 is 4.79 Å². The first-order chi connectivity index (χ1) is 8.00. The zero-order valence-electron chi connectivity index (χ0n) is 11.5. The third kappa shape index (κ3) is 2.62. The van der Waals surface area contributed by atoms with Gasteiger partial charge in [0.1, 0.15) is 5.41 Å². The van der Waals surface area contributed by atoms with Gasteiger partial charge in [-0.05, 0) is 31.1 Å². The Labute approximate surface area is 105 Å². The molecular weight excluding hydrogens is 212 g/mol. The predicted octanol–water partition coefficient (Wildman–Crippen LogP) is 2.82. The second kappa shape index (κ2) is 5.53. The molecule has 0 aromatic carbocycles. The van der Waals surface area contributed by atoms with Crippen LogP contribution in [0.4, 0.5) is 0 Å². The maximum atomic E-state index is 12.5. The highest BCUT2D eigenvalue weighted by atomic mass is 16.2. The van der Waals surface area contributed by atoms with Gasteiger partial charge in [0.2, 0.25) is 5.91 Å². The molecule has 0 saturated carbocycles. The average Bonchev–Trinajstić information content (AvgIpc) is 2.35. The van der Waals surface area contributed by atoms with Gasteiger partial charge in [-0.1, -0.05) is 27.7 Å². The van der Waals surface area contributed by atoms with Crippen LogP contribution in [0.3, 0.4) is 0 Å². The van der Waals surface area contributed by atoms with E-state index >= 15 is 0 Å². The van der Waals surface area contributed by atoms with Gasteiger partial charge in [0.25, 0.3) is 0 Å². The molecule has 17 heavy (non-hydrogen) atoms. The minimum atomic E-state index is -0.791. The van der Waals surface area contributed by atoms with Gasteiger partial charge in [-0.3, -0.25) is 4.79 Å². The number of amides is 1. The zero-order valence-corrected chi connectivity index (χ0v) is 11.5. The first kappa shape index (κ1) is 14.0. The van der Waals surface area contributed by atoms with Gasteiger partial charge in [0.15, 0.2) is 0 Å². The molecule has 1 aliphatic heterocycles. The van der Waals surface area contributed by atoms with Gasteiger partial charge in [0, 0.05) is 13.1 Å². The Bertz CT molecular complexity index is 315. The summed E-state index contributed by atoms with van der Waals surface area (Å²) in [5.74, 6) is 1.26. The van der Waals surface area contributed by atoms with Gasteiger partial charge in [-0.2, -0.15) is 5.26 Å². The van der Waals surface area contributed by atoms with Crippen LogP contribution in [-0.2, 0) is 4.79 Å². The van der Waals surface area contributed by atoms with Crippen molar-refractivity contribution in [1.29, 1.82) is 5.26 Å². The van der Waals surface area contributed by atoms with Gasteiger partial charge in [-0.25, -0.2) is 0 Å². The molecule has 0 N–H and O–H groups in total. The Morgan fingerprint density at radius 3 is 2.35 bits per heavy atom. The number of carbonyl (C=O) groups is 1. The Morgan fingerprint density at radius 2 is 1.94 bits per heavy atom. The summed E-state index contributed by atoms with van der Waals surface area (Å²) in [6.07, 6.45) is 2.28. The Morgan fingerprint density at radius 1 is 1.35 bits per heavy atom. The van der Waals surface area contributed by atoms with Crippen molar-refractivity contribution in [3.05, 3.63) is 0 Å². The van der Waals surface area contributed by atoms with Gasteiger partial charge in [-0.15, -0.1) is 0 Å². The molecule has 0 spiro atoms. The Hall–Kier alpha value is -1.04. The second-order valence-corrected chi connectivity index (χ2v) is 5.40. The summed E-state index contributed by atoms with van der Waals surface area (Å²) >= 11 is 0. The molecule has 1 fully saturated rings. The molecule has 1 amide bonds. The van der Waals surface area contributed by atoms with E-state index in [0.717, 1.165) is 19.5 Å². The highest BCUT2D eigenvalue weighted by Crippen LogP contribution is 2.31. The third-order valence-corrected chi connectivity index (χ3v) is 4.45. The first-order valence-electron chi connectivity index (χ1n) is 6.71. The van der Waals surface area contributed by atoms with Crippen LogP contribution in [0.15, 0.2) is 0 Å². The van der Waals surface area contributed by atoms with E-state index in [1.54, 1.807) is 0 Å². The fraction of sp³-hybridized carbons (Fsp3) is 0.857. The fourth-order valence-electron chi connectivity index (χ4n) is 2.51. The lowest BCUT2D eigenvalue weighted by Gasteiger charge is -2.39. The lowest BCUT2D eigenvalue weighted by atomic mass is 9.80. The standard InChI is InChI=1S/C14H24N2O/c1-5-14(6-2,10-15)13(17)16-8-7-11(3)12(4)9-16/h11-12H,5-9H2,1-4H3. The molecule has 0 aromatic rings. The number of piperidine rings is 1. The van der Waals surface area contributed by atoms with Crippen molar-refractivity contribution >= 4 is 5.91 Å². The van der Waals surface area contributed by atoms with Crippen LogP contribution < -0.4 is 0 Å². The molecule has 2 atom stereocenters. The van der Waals surface area contributed by atoms with Crippen molar-refractivity contribution in [1.82, 2.24) is 4.90 Å². The van der Waals surface area contributed by atoms with E-state index in [1.165, 1.54) is 0 Å². The zero-order chi connectivity index (χ0) is 13.1. The number of hydrogen-bond acceptors (Lipinski definition) is 2. The summed E-state index contributed by atoms with van der Waals surface area (Å²) < 4.78 is 0. The molecular formula is C14H24N2O. The van der Waals surface area contributed by atoms with E-state index < -0.39 is 5.41 Å². The van der Waals surface area contributed by atoms with Crippen LogP contribution in [-0.4, -0.2) is 23.9 Å². The van der Waals surface area contributed by atoms with E-state index in [2.05, 4.69) is 19.9 Å². The van der Waals surface area contributed by atoms with Crippen LogP contribution in [0.1, 0.15) is 47.0 Å². The monoisotopic (exact) mass is 236 g/mol. The first-order valence-corrected chi connectivity index (χ1v) is 6.71. The van der Waals surface area contributed by atoms with E-state index in [0.29, 0.717) is 24.7 Å². The topological polar surface area (TPSA) is 44.1 Å². The second-order valence-electron chi connectivity index (χ2n) is 5.40. The predicted molar refractivity (Wildman–Crippen MR) is 68.2 cm³/mol. The van der Waals surface area contributed by atoms with Crippen molar-refractivity contribution in [2.24, 2.45) is 17.3 Å². The molecule has 3 heteroatoms. The summed E-state index contributed by atoms with van der Waals surface area (Å²) in [5, 5.41) is 9.30. The van der Waals surface area contributed by atoms with Crippen LogP contribution >= 0.6 is 0 Å². The SMILES string of the molecule is CCC(C#N)(CC)C(=O)N1CCC(C)C(C)C1. The quantitative estimate of drug-likeness (QED) is 0.756. The smallest absolute Gasteiger partial charge is 0.243 e. The summed E-state index contributed by atoms with van der Waals surface area (Å²) in [6, 6.07) is 2.25. The molecule has 0 aromatic heterocycles. The lowest BCUT2D eigenvalue weighted by Crippen LogP contribution is -2.48. The molecule has 0 bridgehead atoms.